The Hall–Kier alpha value is -3.48. The van der Waals surface area contributed by atoms with E-state index in [-0.39, 0.29) is 24.7 Å². The third-order valence-corrected chi connectivity index (χ3v) is 6.37. The highest BCUT2D eigenvalue weighted by Gasteiger charge is 2.48. The van der Waals surface area contributed by atoms with Gasteiger partial charge in [-0.25, -0.2) is 19.0 Å². The molecule has 2 atom stereocenters. The number of aliphatic hydroxyl groups is 1. The van der Waals surface area contributed by atoms with Gasteiger partial charge in [-0.15, -0.1) is 0 Å². The van der Waals surface area contributed by atoms with Gasteiger partial charge < -0.3 is 19.9 Å². The van der Waals surface area contributed by atoms with Crippen LogP contribution in [-0.2, 0) is 28.2 Å². The van der Waals surface area contributed by atoms with Crippen molar-refractivity contribution in [3.63, 3.8) is 0 Å². The minimum atomic E-state index is -1.22. The monoisotopic (exact) mass is 484 g/mol. The lowest BCUT2D eigenvalue weighted by molar-refractivity contribution is -0.191. The number of ether oxygens (including phenoxy) is 2. The molecule has 2 unspecified atom stereocenters. The van der Waals surface area contributed by atoms with E-state index in [1.807, 2.05) is 0 Å². The minimum Gasteiger partial charge on any atom is -0.387 e. The third kappa shape index (κ3) is 4.24. The van der Waals surface area contributed by atoms with E-state index in [4.69, 9.17) is 9.47 Å². The minimum absolute atomic E-state index is 0.0337. The van der Waals surface area contributed by atoms with Gasteiger partial charge in [0.25, 0.3) is 11.5 Å². The molecule has 2 N–H and O–H groups in total. The van der Waals surface area contributed by atoms with Crippen LogP contribution >= 0.6 is 0 Å². The first-order valence-corrected chi connectivity index (χ1v) is 11.3. The van der Waals surface area contributed by atoms with Gasteiger partial charge in [-0.2, -0.15) is 5.10 Å². The molecule has 12 heteroatoms. The molecule has 1 amide bonds. The number of hydrogen-bond donors (Lipinski definition) is 2. The molecule has 3 aromatic rings. The zero-order valence-corrected chi connectivity index (χ0v) is 19.1. The fourth-order valence-corrected chi connectivity index (χ4v) is 4.54. The summed E-state index contributed by atoms with van der Waals surface area (Å²) in [5, 5.41) is 17.6. The molecule has 5 rings (SSSR count). The number of nitrogens with one attached hydrogen (secondary N) is 1. The number of aromatic nitrogens is 5. The van der Waals surface area contributed by atoms with Crippen molar-refractivity contribution < 1.29 is 23.8 Å². The topological polar surface area (TPSA) is 133 Å². The van der Waals surface area contributed by atoms with Crippen LogP contribution in [0.5, 0.6) is 0 Å². The molecule has 0 radical (unpaired) electrons. The van der Waals surface area contributed by atoms with Crippen LogP contribution in [0.4, 0.5) is 4.39 Å². The number of nitrogens with zero attached hydrogens (tertiary/aromatic N) is 5. The Bertz CT molecular complexity index is 1320. The number of halogens is 1. The average Bonchev–Trinajstić information content (AvgIpc) is 3.18. The van der Waals surface area contributed by atoms with Gasteiger partial charge in [-0.3, -0.25) is 14.2 Å². The third-order valence-electron chi connectivity index (χ3n) is 6.37. The maximum atomic E-state index is 13.9. The van der Waals surface area contributed by atoms with Crippen molar-refractivity contribution >= 4 is 5.91 Å². The smallest absolute Gasteiger partial charge is 0.270 e. The average molecular weight is 484 g/mol. The highest BCUT2D eigenvalue weighted by atomic mass is 19.1. The number of carbonyl (C=O) groups is 1. The van der Waals surface area contributed by atoms with Gasteiger partial charge in [0.1, 0.15) is 35.6 Å². The molecular weight excluding hydrogens is 459 g/mol. The lowest BCUT2D eigenvalue weighted by Crippen LogP contribution is -2.51. The lowest BCUT2D eigenvalue weighted by Gasteiger charge is -2.40. The number of aryl methyl sites for hydroxylation is 1. The zero-order chi connectivity index (χ0) is 24.6. The van der Waals surface area contributed by atoms with Crippen molar-refractivity contribution in [2.75, 3.05) is 19.8 Å². The van der Waals surface area contributed by atoms with Crippen LogP contribution in [0.25, 0.3) is 5.69 Å². The molecule has 2 aliphatic rings. The summed E-state index contributed by atoms with van der Waals surface area (Å²) >= 11 is 0. The Morgan fingerprint density at radius 1 is 1.34 bits per heavy atom. The first-order valence-electron chi connectivity index (χ1n) is 11.3. The Kier molecular flexibility index (Phi) is 6.17. The predicted molar refractivity (Wildman–Crippen MR) is 119 cm³/mol. The summed E-state index contributed by atoms with van der Waals surface area (Å²) in [5.41, 5.74) is -0.680. The quantitative estimate of drug-likeness (QED) is 0.550. The molecule has 1 saturated heterocycles. The van der Waals surface area contributed by atoms with Crippen LogP contribution in [0.1, 0.15) is 40.5 Å². The maximum absolute atomic E-state index is 13.9. The fraction of sp³-hybridized carbons (Fsp3) is 0.435. The number of fused-ring (bicyclic) bond motifs is 2. The van der Waals surface area contributed by atoms with Crippen molar-refractivity contribution in [3.05, 3.63) is 69.7 Å². The summed E-state index contributed by atoms with van der Waals surface area (Å²) in [6.07, 6.45) is 1.21. The van der Waals surface area contributed by atoms with Crippen LogP contribution in [-0.4, -0.2) is 61.3 Å². The second-order valence-corrected chi connectivity index (χ2v) is 8.56. The molecule has 0 saturated carbocycles. The van der Waals surface area contributed by atoms with Crippen molar-refractivity contribution in [2.24, 2.45) is 0 Å². The molecule has 2 aliphatic heterocycles. The number of carbonyl (C=O) groups excluding carboxylic acids is 1. The lowest BCUT2D eigenvalue weighted by atomic mass is 9.89. The highest BCUT2D eigenvalue weighted by Crippen LogP contribution is 2.36. The Morgan fingerprint density at radius 2 is 2.20 bits per heavy atom. The molecule has 0 aliphatic carbocycles. The van der Waals surface area contributed by atoms with Crippen molar-refractivity contribution in [2.45, 2.75) is 44.6 Å². The SMILES string of the molecule is Cc1ncnn1-c1cc(F)ccc1CNC(=O)c1cc(=O)n2c(n1)C1(CCOCC1O)OCCC2. The standard InChI is InChI=1S/C23H25FN6O5/c1-14-26-13-27-30(14)18-9-16(24)4-3-15(18)11-25-21(33)17-10-20(32)29-6-2-7-35-23(22(29)28-17)5-8-34-12-19(23)31/h3-4,9-10,13,19,31H,2,5-8,11-12H2,1H3,(H,25,33). The molecule has 11 nitrogen and oxygen atoms in total. The van der Waals surface area contributed by atoms with Crippen molar-refractivity contribution in [1.82, 2.24) is 29.6 Å². The van der Waals surface area contributed by atoms with Gasteiger partial charge in [0.15, 0.2) is 5.60 Å². The van der Waals surface area contributed by atoms with Gasteiger partial charge in [0, 0.05) is 32.2 Å². The van der Waals surface area contributed by atoms with E-state index in [0.29, 0.717) is 49.7 Å². The Morgan fingerprint density at radius 3 is 2.97 bits per heavy atom. The van der Waals surface area contributed by atoms with E-state index in [1.54, 1.807) is 13.0 Å². The van der Waals surface area contributed by atoms with Crippen LogP contribution < -0.4 is 10.9 Å². The number of hydrogen-bond acceptors (Lipinski definition) is 8. The van der Waals surface area contributed by atoms with Gasteiger partial charge in [0.05, 0.1) is 18.9 Å². The molecule has 184 valence electrons. The summed E-state index contributed by atoms with van der Waals surface area (Å²) in [6.45, 7) is 2.85. The Balaban J connectivity index is 1.45. The molecule has 4 heterocycles. The number of amides is 1. The van der Waals surface area contributed by atoms with Crippen LogP contribution in [0.2, 0.25) is 0 Å². The van der Waals surface area contributed by atoms with E-state index in [9.17, 15) is 19.1 Å². The van der Waals surface area contributed by atoms with Gasteiger partial charge in [-0.1, -0.05) is 6.07 Å². The molecule has 1 aromatic carbocycles. The van der Waals surface area contributed by atoms with Gasteiger partial charge in [-0.05, 0) is 31.0 Å². The second kappa shape index (κ2) is 9.29. The number of benzene rings is 1. The van der Waals surface area contributed by atoms with E-state index < -0.39 is 29.0 Å². The van der Waals surface area contributed by atoms with E-state index in [2.05, 4.69) is 20.4 Å². The van der Waals surface area contributed by atoms with Gasteiger partial charge >= 0.3 is 0 Å². The summed E-state index contributed by atoms with van der Waals surface area (Å²) in [4.78, 5) is 34.6. The first-order chi connectivity index (χ1) is 16.9. The molecular formula is C23H25FN6O5. The second-order valence-electron chi connectivity index (χ2n) is 8.56. The number of aliphatic hydroxyl groups excluding tert-OH is 1. The molecule has 1 spiro atoms. The largest absolute Gasteiger partial charge is 0.387 e. The highest BCUT2D eigenvalue weighted by molar-refractivity contribution is 5.92. The fourth-order valence-electron chi connectivity index (χ4n) is 4.54. The maximum Gasteiger partial charge on any atom is 0.270 e. The normalized spacial score (nSPS) is 22.0. The van der Waals surface area contributed by atoms with E-state index in [0.717, 1.165) is 0 Å². The number of rotatable bonds is 4. The molecule has 2 aromatic heterocycles. The predicted octanol–water partition coefficient (Wildman–Crippen LogP) is 0.598. The van der Waals surface area contributed by atoms with Crippen molar-refractivity contribution in [3.8, 4) is 5.69 Å². The zero-order valence-electron chi connectivity index (χ0n) is 19.1. The summed E-state index contributed by atoms with van der Waals surface area (Å²) in [7, 11) is 0. The molecule has 1 fully saturated rings. The molecule has 0 bridgehead atoms. The van der Waals surface area contributed by atoms with Gasteiger partial charge in [0.2, 0.25) is 0 Å². The van der Waals surface area contributed by atoms with E-state index in [1.165, 1.54) is 33.8 Å². The molecule has 35 heavy (non-hydrogen) atoms. The van der Waals surface area contributed by atoms with Crippen LogP contribution in [0, 0.1) is 12.7 Å². The van der Waals surface area contributed by atoms with E-state index >= 15 is 0 Å². The Labute approximate surface area is 199 Å². The van der Waals surface area contributed by atoms with Crippen molar-refractivity contribution in [1.29, 1.82) is 0 Å². The van der Waals surface area contributed by atoms with Crippen LogP contribution in [0.3, 0.4) is 0 Å². The summed E-state index contributed by atoms with van der Waals surface area (Å²) < 4.78 is 28.3. The first kappa shape index (κ1) is 23.3. The van der Waals surface area contributed by atoms with Crippen LogP contribution in [0.15, 0.2) is 35.4 Å². The summed E-state index contributed by atoms with van der Waals surface area (Å²) in [6, 6.07) is 5.32. The summed E-state index contributed by atoms with van der Waals surface area (Å²) in [5.74, 6) is -0.254.